The average Bonchev–Trinajstić information content (AvgIpc) is 3.02. The Bertz CT molecular complexity index is 951. The first-order chi connectivity index (χ1) is 13.5. The number of hydrogen-bond donors (Lipinski definition) is 0. The molecular formula is C22H25N3O3. The highest BCUT2D eigenvalue weighted by molar-refractivity contribution is 5.95. The Hall–Kier alpha value is -3.28. The summed E-state index contributed by atoms with van der Waals surface area (Å²) in [6.45, 7) is 4.75. The highest BCUT2D eigenvalue weighted by Gasteiger charge is 2.20. The minimum Gasteiger partial charge on any atom is -0.493 e. The fourth-order valence-electron chi connectivity index (χ4n) is 3.16. The zero-order valence-corrected chi connectivity index (χ0v) is 16.7. The Kier molecular flexibility index (Phi) is 5.99. The monoisotopic (exact) mass is 379 g/mol. The number of ether oxygens (including phenoxy) is 2. The summed E-state index contributed by atoms with van der Waals surface area (Å²) in [5, 5.41) is 0. The zero-order chi connectivity index (χ0) is 20.1. The number of methoxy groups -OCH3 is 1. The predicted molar refractivity (Wildman–Crippen MR) is 108 cm³/mol. The van der Waals surface area contributed by atoms with Crippen LogP contribution < -0.4 is 9.47 Å². The number of pyridine rings is 1. The van der Waals surface area contributed by atoms with Gasteiger partial charge in [-0.05, 0) is 44.2 Å². The van der Waals surface area contributed by atoms with Crippen LogP contribution in [0.15, 0.2) is 54.7 Å². The largest absolute Gasteiger partial charge is 0.493 e. The van der Waals surface area contributed by atoms with Gasteiger partial charge in [0, 0.05) is 24.6 Å². The molecule has 6 heteroatoms. The molecule has 0 N–H and O–H groups in total. The van der Waals surface area contributed by atoms with Crippen molar-refractivity contribution in [1.29, 1.82) is 0 Å². The lowest BCUT2D eigenvalue weighted by Crippen LogP contribution is -2.31. The van der Waals surface area contributed by atoms with Crippen LogP contribution in [-0.2, 0) is 0 Å². The van der Waals surface area contributed by atoms with Crippen molar-refractivity contribution >= 4 is 5.91 Å². The zero-order valence-electron chi connectivity index (χ0n) is 16.7. The van der Waals surface area contributed by atoms with Crippen LogP contribution >= 0.6 is 0 Å². The lowest BCUT2D eigenvalue weighted by molar-refractivity contribution is 0.0772. The van der Waals surface area contributed by atoms with E-state index in [1.165, 1.54) is 0 Å². The van der Waals surface area contributed by atoms with E-state index in [0.717, 1.165) is 17.2 Å². The minimum absolute atomic E-state index is 0.0427. The minimum atomic E-state index is -0.0427. The molecule has 0 saturated carbocycles. The van der Waals surface area contributed by atoms with Gasteiger partial charge in [0.15, 0.2) is 11.5 Å². The van der Waals surface area contributed by atoms with E-state index in [-0.39, 0.29) is 5.91 Å². The second kappa shape index (κ2) is 8.61. The van der Waals surface area contributed by atoms with E-state index in [2.05, 4.69) is 4.98 Å². The second-order valence-corrected chi connectivity index (χ2v) is 6.53. The Labute approximate surface area is 165 Å². The molecule has 28 heavy (non-hydrogen) atoms. The number of nitrogens with zero attached hydrogens (tertiary/aromatic N) is 3. The number of aromatic nitrogens is 2. The molecule has 1 amide bonds. The van der Waals surface area contributed by atoms with E-state index < -0.39 is 0 Å². The predicted octanol–water partition coefficient (Wildman–Crippen LogP) is 3.65. The molecule has 6 nitrogen and oxygen atoms in total. The number of carbonyl (C=O) groups is 1. The summed E-state index contributed by atoms with van der Waals surface area (Å²) in [5.74, 6) is 2.10. The molecule has 2 aromatic heterocycles. The normalized spacial score (nSPS) is 10.6. The molecule has 146 valence electrons. The van der Waals surface area contributed by atoms with Crippen molar-refractivity contribution in [2.24, 2.45) is 0 Å². The third-order valence-electron chi connectivity index (χ3n) is 4.64. The molecule has 0 bridgehead atoms. The lowest BCUT2D eigenvalue weighted by Gasteiger charge is -2.18. The van der Waals surface area contributed by atoms with Gasteiger partial charge in [0.25, 0.3) is 5.91 Å². The molecule has 0 fully saturated rings. The van der Waals surface area contributed by atoms with Gasteiger partial charge in [-0.1, -0.05) is 18.2 Å². The SMILES string of the molecule is COc1ccccc1OCCN(C)C(=O)c1cc(C)n(-c2ccccn2)c1C. The first-order valence-corrected chi connectivity index (χ1v) is 9.14. The number of aryl methyl sites for hydroxylation is 1. The van der Waals surface area contributed by atoms with Crippen LogP contribution in [0.25, 0.3) is 5.82 Å². The number of para-hydroxylation sites is 2. The van der Waals surface area contributed by atoms with Gasteiger partial charge < -0.3 is 18.9 Å². The van der Waals surface area contributed by atoms with Crippen LogP contribution in [0.3, 0.4) is 0 Å². The molecule has 0 spiro atoms. The van der Waals surface area contributed by atoms with Crippen molar-refractivity contribution in [3.8, 4) is 17.3 Å². The van der Waals surface area contributed by atoms with Crippen LogP contribution in [0.4, 0.5) is 0 Å². The van der Waals surface area contributed by atoms with E-state index in [1.807, 2.05) is 66.9 Å². The third-order valence-corrected chi connectivity index (χ3v) is 4.64. The molecular weight excluding hydrogens is 354 g/mol. The van der Waals surface area contributed by atoms with Crippen molar-refractivity contribution < 1.29 is 14.3 Å². The number of rotatable bonds is 7. The van der Waals surface area contributed by atoms with Crippen LogP contribution in [0.1, 0.15) is 21.7 Å². The summed E-state index contributed by atoms with van der Waals surface area (Å²) in [6.07, 6.45) is 1.75. The van der Waals surface area contributed by atoms with E-state index in [4.69, 9.17) is 9.47 Å². The van der Waals surface area contributed by atoms with E-state index in [1.54, 1.807) is 25.3 Å². The number of benzene rings is 1. The van der Waals surface area contributed by atoms with Crippen molar-refractivity contribution in [1.82, 2.24) is 14.5 Å². The van der Waals surface area contributed by atoms with Crippen molar-refractivity contribution in [3.05, 3.63) is 71.7 Å². The number of likely N-dealkylation sites (N-methyl/N-ethyl adjacent to an activating group) is 1. The summed E-state index contributed by atoms with van der Waals surface area (Å²) in [7, 11) is 3.38. The van der Waals surface area contributed by atoms with Crippen LogP contribution in [0, 0.1) is 13.8 Å². The topological polar surface area (TPSA) is 56.6 Å². The van der Waals surface area contributed by atoms with Gasteiger partial charge in [-0.25, -0.2) is 4.98 Å². The van der Waals surface area contributed by atoms with Gasteiger partial charge in [-0.15, -0.1) is 0 Å². The van der Waals surface area contributed by atoms with Crippen molar-refractivity contribution in [2.45, 2.75) is 13.8 Å². The summed E-state index contributed by atoms with van der Waals surface area (Å²) in [4.78, 5) is 19.0. The van der Waals surface area contributed by atoms with Crippen molar-refractivity contribution in [3.63, 3.8) is 0 Å². The first kappa shape index (κ1) is 19.5. The van der Waals surface area contributed by atoms with Gasteiger partial charge >= 0.3 is 0 Å². The summed E-state index contributed by atoms with van der Waals surface area (Å²) < 4.78 is 13.1. The quantitative estimate of drug-likeness (QED) is 0.629. The summed E-state index contributed by atoms with van der Waals surface area (Å²) in [6, 6.07) is 15.1. The highest BCUT2D eigenvalue weighted by atomic mass is 16.5. The maximum Gasteiger partial charge on any atom is 0.255 e. The summed E-state index contributed by atoms with van der Waals surface area (Å²) in [5.41, 5.74) is 2.51. The molecule has 2 heterocycles. The molecule has 0 atom stereocenters. The van der Waals surface area contributed by atoms with Crippen LogP contribution in [0.5, 0.6) is 11.5 Å². The lowest BCUT2D eigenvalue weighted by atomic mass is 10.2. The molecule has 0 saturated heterocycles. The molecule has 0 aliphatic rings. The first-order valence-electron chi connectivity index (χ1n) is 9.14. The molecule has 1 aromatic carbocycles. The Morgan fingerprint density at radius 3 is 2.50 bits per heavy atom. The van der Waals surface area contributed by atoms with Gasteiger partial charge in [-0.2, -0.15) is 0 Å². The molecule has 3 aromatic rings. The standard InChI is InChI=1S/C22H25N3O3/c1-16-15-18(17(2)25(16)21-11-7-8-12-23-21)22(26)24(3)13-14-28-20-10-6-5-9-19(20)27-4/h5-12,15H,13-14H2,1-4H3. The van der Waals surface area contributed by atoms with Crippen LogP contribution in [0.2, 0.25) is 0 Å². The van der Waals surface area contributed by atoms with E-state index in [0.29, 0.717) is 30.2 Å². The van der Waals surface area contributed by atoms with Gasteiger partial charge in [-0.3, -0.25) is 4.79 Å². The number of carbonyl (C=O) groups excluding carboxylic acids is 1. The number of hydrogen-bond acceptors (Lipinski definition) is 4. The maximum absolute atomic E-state index is 12.9. The molecule has 0 unspecified atom stereocenters. The van der Waals surface area contributed by atoms with Gasteiger partial charge in [0.1, 0.15) is 12.4 Å². The molecule has 0 aliphatic carbocycles. The average molecular weight is 379 g/mol. The Morgan fingerprint density at radius 2 is 1.82 bits per heavy atom. The van der Waals surface area contributed by atoms with E-state index >= 15 is 0 Å². The smallest absolute Gasteiger partial charge is 0.255 e. The fraction of sp³-hybridized carbons (Fsp3) is 0.273. The Balaban J connectivity index is 1.68. The van der Waals surface area contributed by atoms with Gasteiger partial charge in [0.2, 0.25) is 0 Å². The molecule has 3 rings (SSSR count). The molecule has 0 aliphatic heterocycles. The van der Waals surface area contributed by atoms with Crippen molar-refractivity contribution in [2.75, 3.05) is 27.3 Å². The van der Waals surface area contributed by atoms with E-state index in [9.17, 15) is 4.79 Å². The third kappa shape index (κ3) is 4.01. The van der Waals surface area contributed by atoms with Gasteiger partial charge in [0.05, 0.1) is 19.2 Å². The summed E-state index contributed by atoms with van der Waals surface area (Å²) >= 11 is 0. The highest BCUT2D eigenvalue weighted by Crippen LogP contribution is 2.25. The maximum atomic E-state index is 12.9. The number of amides is 1. The van der Waals surface area contributed by atoms with Crippen LogP contribution in [-0.4, -0.2) is 47.7 Å². The second-order valence-electron chi connectivity index (χ2n) is 6.53. The fourth-order valence-corrected chi connectivity index (χ4v) is 3.16. The Morgan fingerprint density at radius 1 is 1.11 bits per heavy atom. The molecule has 0 radical (unpaired) electrons.